The maximum Gasteiger partial charge on any atom is 0.341 e. The fourth-order valence-electron chi connectivity index (χ4n) is 3.67. The molecule has 1 amide bonds. The summed E-state index contributed by atoms with van der Waals surface area (Å²) in [5, 5.41) is 16.8. The van der Waals surface area contributed by atoms with E-state index in [4.69, 9.17) is 9.47 Å². The van der Waals surface area contributed by atoms with Gasteiger partial charge in [0.25, 0.3) is 5.91 Å². The van der Waals surface area contributed by atoms with Crippen molar-refractivity contribution < 1.29 is 23.9 Å². The number of ether oxygens (including phenoxy) is 2. The number of benzene rings is 1. The van der Waals surface area contributed by atoms with Crippen LogP contribution in [-0.2, 0) is 27.1 Å². The van der Waals surface area contributed by atoms with Gasteiger partial charge >= 0.3 is 11.9 Å². The maximum atomic E-state index is 12.6. The Bertz CT molecular complexity index is 1160. The van der Waals surface area contributed by atoms with Crippen LogP contribution in [0.2, 0.25) is 0 Å². The van der Waals surface area contributed by atoms with Gasteiger partial charge in [-0.25, -0.2) is 9.59 Å². The molecule has 1 aromatic carbocycles. The molecule has 172 valence electrons. The molecule has 0 saturated carbocycles. The van der Waals surface area contributed by atoms with Crippen molar-refractivity contribution in [1.29, 1.82) is 0 Å². The van der Waals surface area contributed by atoms with Crippen molar-refractivity contribution in [3.05, 3.63) is 45.8 Å². The van der Waals surface area contributed by atoms with Crippen LogP contribution in [-0.4, -0.2) is 51.7 Å². The van der Waals surface area contributed by atoms with Gasteiger partial charge in [-0.3, -0.25) is 4.79 Å². The predicted octanol–water partition coefficient (Wildman–Crippen LogP) is 3.03. The number of carbonyl (C=O) groups is 3. The van der Waals surface area contributed by atoms with Crippen LogP contribution in [0.1, 0.15) is 51.4 Å². The number of aromatic amines is 1. The summed E-state index contributed by atoms with van der Waals surface area (Å²) in [4.78, 5) is 38.5. The van der Waals surface area contributed by atoms with E-state index in [1.807, 2.05) is 0 Å². The second-order valence-electron chi connectivity index (χ2n) is 7.71. The summed E-state index contributed by atoms with van der Waals surface area (Å²) in [6.07, 6.45) is 2.61. The molecule has 0 aliphatic heterocycles. The minimum Gasteiger partial charge on any atom is -0.462 e. The molecule has 0 fully saturated rings. The average Bonchev–Trinajstić information content (AvgIpc) is 3.45. The van der Waals surface area contributed by atoms with Gasteiger partial charge in [-0.1, -0.05) is 19.1 Å². The molecular weight excluding hydrogens is 446 g/mol. The van der Waals surface area contributed by atoms with Crippen LogP contribution in [0.3, 0.4) is 0 Å². The Labute approximate surface area is 193 Å². The zero-order chi connectivity index (χ0) is 23.4. The number of nitrogens with zero attached hydrogens (tertiary/aromatic N) is 3. The molecule has 0 saturated heterocycles. The van der Waals surface area contributed by atoms with E-state index in [9.17, 15) is 14.4 Å². The third kappa shape index (κ3) is 5.08. The van der Waals surface area contributed by atoms with E-state index in [0.29, 0.717) is 27.9 Å². The van der Waals surface area contributed by atoms with Gasteiger partial charge in [-0.2, -0.15) is 5.21 Å². The number of amides is 1. The van der Waals surface area contributed by atoms with E-state index >= 15 is 0 Å². The number of hydrogen-bond acceptors (Lipinski definition) is 9. The second kappa shape index (κ2) is 9.90. The van der Waals surface area contributed by atoms with E-state index in [0.717, 1.165) is 29.7 Å². The first-order valence-electron chi connectivity index (χ1n) is 10.6. The van der Waals surface area contributed by atoms with Gasteiger partial charge in [-0.15, -0.1) is 21.5 Å². The molecule has 1 atom stereocenters. The summed E-state index contributed by atoms with van der Waals surface area (Å²) in [6, 6.07) is 6.42. The minimum absolute atomic E-state index is 0.246. The molecule has 0 spiro atoms. The highest BCUT2D eigenvalue weighted by Crippen LogP contribution is 2.40. The second-order valence-corrected chi connectivity index (χ2v) is 8.82. The molecule has 10 nitrogen and oxygen atoms in total. The highest BCUT2D eigenvalue weighted by atomic mass is 32.1. The summed E-state index contributed by atoms with van der Waals surface area (Å²) < 4.78 is 10.4. The zero-order valence-corrected chi connectivity index (χ0v) is 19.0. The fraction of sp³-hybridized carbons (Fsp3) is 0.364. The first kappa shape index (κ1) is 22.6. The van der Waals surface area contributed by atoms with Crippen LogP contribution in [0, 0.1) is 5.92 Å². The van der Waals surface area contributed by atoms with Crippen molar-refractivity contribution in [2.45, 2.75) is 33.1 Å². The van der Waals surface area contributed by atoms with Crippen LogP contribution < -0.4 is 5.32 Å². The molecule has 11 heteroatoms. The molecule has 33 heavy (non-hydrogen) atoms. The third-order valence-electron chi connectivity index (χ3n) is 5.30. The molecular formula is C22H23N5O5S. The molecule has 2 aromatic heterocycles. The van der Waals surface area contributed by atoms with Crippen LogP contribution >= 0.6 is 11.3 Å². The number of nitrogens with one attached hydrogen (secondary N) is 2. The normalized spacial score (nSPS) is 14.9. The molecule has 0 radical (unpaired) electrons. The number of carbonyl (C=O) groups excluding carboxylic acids is 3. The first-order chi connectivity index (χ1) is 16.0. The number of hydrogen-bond donors (Lipinski definition) is 2. The lowest BCUT2D eigenvalue weighted by Gasteiger charge is -2.18. The molecule has 1 aliphatic rings. The molecule has 4 rings (SSSR count). The monoisotopic (exact) mass is 469 g/mol. The van der Waals surface area contributed by atoms with E-state index in [1.165, 1.54) is 11.3 Å². The van der Waals surface area contributed by atoms with Gasteiger partial charge in [0.2, 0.25) is 5.82 Å². The molecule has 2 N–H and O–H groups in total. The number of aromatic nitrogens is 4. The van der Waals surface area contributed by atoms with Crippen LogP contribution in [0.15, 0.2) is 24.3 Å². The van der Waals surface area contributed by atoms with E-state index in [2.05, 4.69) is 32.9 Å². The van der Waals surface area contributed by atoms with Crippen LogP contribution in [0.4, 0.5) is 5.00 Å². The first-order valence-corrected chi connectivity index (χ1v) is 11.4. The summed E-state index contributed by atoms with van der Waals surface area (Å²) in [7, 11) is 0. The molecule has 2 heterocycles. The SMILES string of the molecule is CCOC(=O)c1c(NC(=O)COC(=O)c2ccc(-c3nn[nH]n3)cc2)sc2c1CC[C@@H](C)C2. The maximum absolute atomic E-state index is 12.6. The van der Waals surface area contributed by atoms with E-state index < -0.39 is 24.5 Å². The summed E-state index contributed by atoms with van der Waals surface area (Å²) >= 11 is 1.39. The highest BCUT2D eigenvalue weighted by molar-refractivity contribution is 7.17. The van der Waals surface area contributed by atoms with Crippen molar-refractivity contribution in [3.63, 3.8) is 0 Å². The minimum atomic E-state index is -0.644. The lowest BCUT2D eigenvalue weighted by atomic mass is 9.88. The highest BCUT2D eigenvalue weighted by Gasteiger charge is 2.29. The van der Waals surface area contributed by atoms with Crippen LogP contribution in [0.25, 0.3) is 11.4 Å². The molecule has 3 aromatic rings. The average molecular weight is 470 g/mol. The van der Waals surface area contributed by atoms with Gasteiger partial charge in [0.1, 0.15) is 5.00 Å². The largest absolute Gasteiger partial charge is 0.462 e. The van der Waals surface area contributed by atoms with Gasteiger partial charge in [0.05, 0.1) is 17.7 Å². The van der Waals surface area contributed by atoms with Crippen molar-refractivity contribution in [3.8, 4) is 11.4 Å². The van der Waals surface area contributed by atoms with E-state index in [1.54, 1.807) is 31.2 Å². The molecule has 1 aliphatic carbocycles. The fourth-order valence-corrected chi connectivity index (χ4v) is 5.09. The Morgan fingerprint density at radius 2 is 1.97 bits per heavy atom. The Kier molecular flexibility index (Phi) is 6.78. The topological polar surface area (TPSA) is 136 Å². The van der Waals surface area contributed by atoms with Gasteiger partial charge in [0, 0.05) is 10.4 Å². The Balaban J connectivity index is 1.40. The van der Waals surface area contributed by atoms with Gasteiger partial charge in [-0.05, 0) is 55.0 Å². The van der Waals surface area contributed by atoms with Gasteiger partial charge < -0.3 is 14.8 Å². The third-order valence-corrected chi connectivity index (χ3v) is 6.47. The molecule has 0 unspecified atom stereocenters. The Morgan fingerprint density at radius 1 is 1.18 bits per heavy atom. The van der Waals surface area contributed by atoms with Gasteiger partial charge in [0.15, 0.2) is 6.61 Å². The number of esters is 2. The lowest BCUT2D eigenvalue weighted by molar-refractivity contribution is -0.119. The summed E-state index contributed by atoms with van der Waals surface area (Å²) in [6.45, 7) is 3.67. The van der Waals surface area contributed by atoms with Crippen molar-refractivity contribution >= 4 is 34.2 Å². The number of thiophene rings is 1. The summed E-state index contributed by atoms with van der Waals surface area (Å²) in [5.41, 5.74) is 2.33. The number of H-pyrrole nitrogens is 1. The quantitative estimate of drug-likeness (QED) is 0.504. The standard InChI is InChI=1S/C22H23N5O5S/c1-3-31-22(30)18-15-9-4-12(2)10-16(15)33-20(18)23-17(28)11-32-21(29)14-7-5-13(6-8-14)19-24-26-27-25-19/h5-8,12H,3-4,9-11H2,1-2H3,(H,23,28)(H,24,25,26,27)/t12-/m1/s1. The lowest BCUT2D eigenvalue weighted by Crippen LogP contribution is -2.22. The Hall–Kier alpha value is -3.60. The molecule has 0 bridgehead atoms. The van der Waals surface area contributed by atoms with Crippen molar-refractivity contribution in [2.24, 2.45) is 5.92 Å². The van der Waals surface area contributed by atoms with Crippen molar-refractivity contribution in [2.75, 3.05) is 18.5 Å². The van der Waals surface area contributed by atoms with Crippen molar-refractivity contribution in [1.82, 2.24) is 20.6 Å². The number of fused-ring (bicyclic) bond motifs is 1. The van der Waals surface area contributed by atoms with Crippen LogP contribution in [0.5, 0.6) is 0 Å². The zero-order valence-electron chi connectivity index (χ0n) is 18.2. The smallest absolute Gasteiger partial charge is 0.341 e. The summed E-state index contributed by atoms with van der Waals surface area (Å²) in [5.74, 6) is -0.695. The van der Waals surface area contributed by atoms with E-state index in [-0.39, 0.29) is 12.2 Å². The predicted molar refractivity (Wildman–Crippen MR) is 120 cm³/mol. The number of rotatable bonds is 7. The Morgan fingerprint density at radius 3 is 2.67 bits per heavy atom. The number of anilines is 1. The number of tetrazole rings is 1.